The fourth-order valence-corrected chi connectivity index (χ4v) is 2.90. The molecule has 2 aromatic heterocycles. The number of rotatable bonds is 5. The van der Waals surface area contributed by atoms with Gasteiger partial charge in [-0.05, 0) is 25.0 Å². The zero-order valence-corrected chi connectivity index (χ0v) is 11.7. The van der Waals surface area contributed by atoms with E-state index in [1.807, 2.05) is 16.7 Å². The van der Waals surface area contributed by atoms with Crippen LogP contribution in [0.2, 0.25) is 5.02 Å². The summed E-state index contributed by atoms with van der Waals surface area (Å²) in [6.45, 7) is -0.0662. The molecule has 100 valence electrons. The summed E-state index contributed by atoms with van der Waals surface area (Å²) in [5.41, 5.74) is 0.949. The van der Waals surface area contributed by atoms with Gasteiger partial charge in [-0.1, -0.05) is 23.4 Å². The van der Waals surface area contributed by atoms with Crippen molar-refractivity contribution in [2.75, 3.05) is 0 Å². The van der Waals surface area contributed by atoms with Gasteiger partial charge in [-0.15, -0.1) is 10.2 Å². The summed E-state index contributed by atoms with van der Waals surface area (Å²) in [6, 6.07) is 4.19. The Morgan fingerprint density at radius 1 is 1.37 bits per heavy atom. The highest BCUT2D eigenvalue weighted by Crippen LogP contribution is 2.39. The van der Waals surface area contributed by atoms with Gasteiger partial charge in [0.15, 0.2) is 11.0 Å². The normalized spacial score (nSPS) is 14.8. The molecule has 0 radical (unpaired) electrons. The highest BCUT2D eigenvalue weighted by Gasteiger charge is 2.29. The molecule has 0 aliphatic heterocycles. The number of pyridine rings is 1. The van der Waals surface area contributed by atoms with Crippen molar-refractivity contribution in [2.45, 2.75) is 36.4 Å². The Morgan fingerprint density at radius 2 is 2.21 bits per heavy atom. The van der Waals surface area contributed by atoms with Crippen LogP contribution in [-0.2, 0) is 12.4 Å². The Morgan fingerprint density at radius 3 is 2.84 bits per heavy atom. The van der Waals surface area contributed by atoms with Crippen molar-refractivity contribution in [1.82, 2.24) is 19.7 Å². The van der Waals surface area contributed by atoms with Crippen molar-refractivity contribution < 1.29 is 5.11 Å². The van der Waals surface area contributed by atoms with Crippen molar-refractivity contribution in [1.29, 1.82) is 0 Å². The Hall–Kier alpha value is -1.11. The van der Waals surface area contributed by atoms with Crippen LogP contribution >= 0.6 is 23.4 Å². The van der Waals surface area contributed by atoms with Crippen LogP contribution in [0.25, 0.3) is 0 Å². The SMILES string of the molecule is OCc1nnc(SCc2ccc(Cl)cn2)n1C1CC1. The topological polar surface area (TPSA) is 63.8 Å². The molecular formula is C12H13ClN4OS. The van der Waals surface area contributed by atoms with Gasteiger partial charge in [0.25, 0.3) is 0 Å². The molecule has 0 bridgehead atoms. The Labute approximate surface area is 120 Å². The van der Waals surface area contributed by atoms with E-state index in [4.69, 9.17) is 11.6 Å². The third kappa shape index (κ3) is 2.91. The molecule has 2 aromatic rings. The van der Waals surface area contributed by atoms with Crippen LogP contribution in [0.4, 0.5) is 0 Å². The number of hydrogen-bond donors (Lipinski definition) is 1. The summed E-state index contributed by atoms with van der Waals surface area (Å²) in [6.07, 6.45) is 3.91. The minimum atomic E-state index is -0.0662. The molecule has 5 nitrogen and oxygen atoms in total. The first-order valence-electron chi connectivity index (χ1n) is 6.06. The maximum atomic E-state index is 9.26. The second-order valence-electron chi connectivity index (χ2n) is 4.41. The Kier molecular flexibility index (Phi) is 3.72. The number of nitrogens with zero attached hydrogens (tertiary/aromatic N) is 4. The van der Waals surface area contributed by atoms with Crippen LogP contribution in [0.1, 0.15) is 30.4 Å². The lowest BCUT2D eigenvalue weighted by Gasteiger charge is -2.06. The highest BCUT2D eigenvalue weighted by atomic mass is 35.5. The molecule has 0 amide bonds. The molecule has 0 unspecified atom stereocenters. The van der Waals surface area contributed by atoms with Gasteiger partial charge in [-0.2, -0.15) is 0 Å². The van der Waals surface area contributed by atoms with E-state index >= 15 is 0 Å². The van der Waals surface area contributed by atoms with Gasteiger partial charge in [0.05, 0.1) is 10.7 Å². The molecule has 0 atom stereocenters. The first kappa shape index (κ1) is 12.9. The van der Waals surface area contributed by atoms with Gasteiger partial charge in [0.1, 0.15) is 6.61 Å². The Balaban J connectivity index is 1.73. The quantitative estimate of drug-likeness (QED) is 0.859. The zero-order valence-electron chi connectivity index (χ0n) is 10.2. The standard InChI is InChI=1S/C12H13ClN4OS/c13-8-1-2-9(14-5-8)7-19-12-16-15-11(6-18)17(12)10-3-4-10/h1-2,5,10,18H,3-4,6-7H2. The largest absolute Gasteiger partial charge is 0.388 e. The molecule has 1 saturated carbocycles. The molecule has 0 saturated heterocycles. The van der Waals surface area contributed by atoms with Crippen LogP contribution in [0.3, 0.4) is 0 Å². The first-order valence-corrected chi connectivity index (χ1v) is 7.42. The van der Waals surface area contributed by atoms with E-state index in [0.717, 1.165) is 23.7 Å². The number of thioether (sulfide) groups is 1. The molecule has 7 heteroatoms. The van der Waals surface area contributed by atoms with Crippen molar-refractivity contribution in [3.8, 4) is 0 Å². The molecule has 2 heterocycles. The number of aromatic nitrogens is 4. The molecule has 0 aromatic carbocycles. The minimum Gasteiger partial charge on any atom is -0.388 e. The molecule has 1 fully saturated rings. The second kappa shape index (κ2) is 5.48. The summed E-state index contributed by atoms with van der Waals surface area (Å²) in [4.78, 5) is 4.25. The maximum Gasteiger partial charge on any atom is 0.191 e. The summed E-state index contributed by atoms with van der Waals surface area (Å²) in [5.74, 6) is 1.36. The number of aliphatic hydroxyl groups is 1. The maximum absolute atomic E-state index is 9.26. The van der Waals surface area contributed by atoms with E-state index in [-0.39, 0.29) is 6.61 Å². The molecule has 1 aliphatic rings. The van der Waals surface area contributed by atoms with E-state index in [2.05, 4.69) is 15.2 Å². The van der Waals surface area contributed by atoms with Gasteiger partial charge >= 0.3 is 0 Å². The lowest BCUT2D eigenvalue weighted by molar-refractivity contribution is 0.263. The molecule has 0 spiro atoms. The first-order chi connectivity index (χ1) is 9.28. The van der Waals surface area contributed by atoms with E-state index in [1.54, 1.807) is 18.0 Å². The fourth-order valence-electron chi connectivity index (χ4n) is 1.84. The van der Waals surface area contributed by atoms with Crippen molar-refractivity contribution >= 4 is 23.4 Å². The number of aliphatic hydroxyl groups excluding tert-OH is 1. The van der Waals surface area contributed by atoms with Crippen molar-refractivity contribution in [3.63, 3.8) is 0 Å². The fraction of sp³-hybridized carbons (Fsp3) is 0.417. The molecule has 3 rings (SSSR count). The van der Waals surface area contributed by atoms with Crippen LogP contribution in [0.5, 0.6) is 0 Å². The van der Waals surface area contributed by atoms with Gasteiger partial charge in [-0.3, -0.25) is 4.98 Å². The van der Waals surface area contributed by atoms with Crippen molar-refractivity contribution in [3.05, 3.63) is 34.9 Å². The smallest absolute Gasteiger partial charge is 0.191 e. The van der Waals surface area contributed by atoms with Crippen LogP contribution in [0.15, 0.2) is 23.5 Å². The highest BCUT2D eigenvalue weighted by molar-refractivity contribution is 7.98. The average molecular weight is 297 g/mol. The molecular weight excluding hydrogens is 284 g/mol. The van der Waals surface area contributed by atoms with Gasteiger partial charge in [-0.25, -0.2) is 0 Å². The summed E-state index contributed by atoms with van der Waals surface area (Å²) >= 11 is 7.39. The number of hydrogen-bond acceptors (Lipinski definition) is 5. The molecule has 1 N–H and O–H groups in total. The zero-order chi connectivity index (χ0) is 13.2. The number of halogens is 1. The Bertz CT molecular complexity index is 568. The minimum absolute atomic E-state index is 0.0662. The lowest BCUT2D eigenvalue weighted by atomic mass is 10.4. The van der Waals surface area contributed by atoms with Crippen LogP contribution in [-0.4, -0.2) is 24.9 Å². The van der Waals surface area contributed by atoms with Crippen LogP contribution in [0, 0.1) is 0 Å². The molecule has 19 heavy (non-hydrogen) atoms. The third-order valence-electron chi connectivity index (χ3n) is 2.93. The van der Waals surface area contributed by atoms with E-state index in [0.29, 0.717) is 22.6 Å². The predicted molar refractivity (Wildman–Crippen MR) is 73.0 cm³/mol. The van der Waals surface area contributed by atoms with E-state index in [9.17, 15) is 5.11 Å². The summed E-state index contributed by atoms with van der Waals surface area (Å²) in [5, 5.41) is 18.9. The van der Waals surface area contributed by atoms with Gasteiger partial charge in [0.2, 0.25) is 0 Å². The van der Waals surface area contributed by atoms with E-state index < -0.39 is 0 Å². The third-order valence-corrected chi connectivity index (χ3v) is 4.13. The molecule has 1 aliphatic carbocycles. The lowest BCUT2D eigenvalue weighted by Crippen LogP contribution is -2.03. The summed E-state index contributed by atoms with van der Waals surface area (Å²) in [7, 11) is 0. The monoisotopic (exact) mass is 296 g/mol. The summed E-state index contributed by atoms with van der Waals surface area (Å²) < 4.78 is 2.04. The predicted octanol–water partition coefficient (Wildman–Crippen LogP) is 2.45. The second-order valence-corrected chi connectivity index (χ2v) is 5.79. The van der Waals surface area contributed by atoms with Crippen LogP contribution < -0.4 is 0 Å². The van der Waals surface area contributed by atoms with Gasteiger partial charge in [0, 0.05) is 18.0 Å². The van der Waals surface area contributed by atoms with Gasteiger partial charge < -0.3 is 9.67 Å². The van der Waals surface area contributed by atoms with E-state index in [1.165, 1.54) is 0 Å². The average Bonchev–Trinajstić information content (AvgIpc) is 3.18. The van der Waals surface area contributed by atoms with Crippen molar-refractivity contribution in [2.24, 2.45) is 0 Å².